The number of carbonyl (C=O) groups excluding carboxylic acids is 1. The van der Waals surface area contributed by atoms with Gasteiger partial charge in [0, 0.05) is 28.4 Å². The number of carbonyl (C=O) groups is 1. The summed E-state index contributed by atoms with van der Waals surface area (Å²) in [7, 11) is 0. The van der Waals surface area contributed by atoms with Crippen LogP contribution in [0.15, 0.2) is 88.7 Å². The van der Waals surface area contributed by atoms with E-state index in [0.717, 1.165) is 36.4 Å². The van der Waals surface area contributed by atoms with Crippen molar-refractivity contribution in [2.24, 2.45) is 0 Å². The molecule has 3 aromatic carbocycles. The van der Waals surface area contributed by atoms with E-state index < -0.39 is 0 Å². The highest BCUT2D eigenvalue weighted by molar-refractivity contribution is 7.99. The molecular formula is C25H27NO2S. The van der Waals surface area contributed by atoms with Gasteiger partial charge >= 0.3 is 5.97 Å². The number of hydrogen-bond acceptors (Lipinski definition) is 4. The smallest absolute Gasteiger partial charge is 0.311 e. The Morgan fingerprint density at radius 2 is 1.55 bits per heavy atom. The summed E-state index contributed by atoms with van der Waals surface area (Å²) in [6.45, 7) is 2.92. The lowest BCUT2D eigenvalue weighted by Crippen LogP contribution is -2.06. The highest BCUT2D eigenvalue weighted by Crippen LogP contribution is 2.30. The topological polar surface area (TPSA) is 38.3 Å². The molecule has 0 aliphatic rings. The fourth-order valence-electron chi connectivity index (χ4n) is 2.91. The maximum absolute atomic E-state index is 11.6. The third-order valence-electron chi connectivity index (χ3n) is 4.41. The van der Waals surface area contributed by atoms with Crippen molar-refractivity contribution in [2.45, 2.75) is 42.4 Å². The number of esters is 1. The van der Waals surface area contributed by atoms with E-state index in [4.69, 9.17) is 4.74 Å². The van der Waals surface area contributed by atoms with Crippen LogP contribution in [0.1, 0.15) is 31.7 Å². The van der Waals surface area contributed by atoms with Gasteiger partial charge in [0.2, 0.25) is 0 Å². The van der Waals surface area contributed by atoms with E-state index in [9.17, 15) is 4.79 Å². The second-order valence-corrected chi connectivity index (χ2v) is 7.98. The Balaban J connectivity index is 1.43. The molecule has 0 unspecified atom stereocenters. The van der Waals surface area contributed by atoms with E-state index in [1.807, 2.05) is 31.2 Å². The number of nitrogens with one attached hydrogen (secondary N) is 1. The number of ether oxygens (including phenoxy) is 1. The lowest BCUT2D eigenvalue weighted by atomic mass is 10.1. The molecule has 4 heteroatoms. The van der Waals surface area contributed by atoms with Crippen molar-refractivity contribution in [3.8, 4) is 5.75 Å². The first kappa shape index (κ1) is 21.0. The molecule has 0 aliphatic heterocycles. The summed E-state index contributed by atoms with van der Waals surface area (Å²) in [5, 5.41) is 3.48. The minimum atomic E-state index is -0.181. The van der Waals surface area contributed by atoms with Crippen LogP contribution in [0.5, 0.6) is 5.75 Å². The summed E-state index contributed by atoms with van der Waals surface area (Å²) in [5.41, 5.74) is 2.52. The van der Waals surface area contributed by atoms with Gasteiger partial charge in [0.05, 0.1) is 0 Å². The van der Waals surface area contributed by atoms with E-state index in [2.05, 4.69) is 59.9 Å². The molecule has 3 nitrogen and oxygen atoms in total. The van der Waals surface area contributed by atoms with Gasteiger partial charge in [-0.05, 0) is 73.4 Å². The van der Waals surface area contributed by atoms with Crippen molar-refractivity contribution in [1.82, 2.24) is 0 Å². The Morgan fingerprint density at radius 3 is 2.21 bits per heavy atom. The summed E-state index contributed by atoms with van der Waals surface area (Å²) >= 11 is 1.69. The summed E-state index contributed by atoms with van der Waals surface area (Å²) in [6.07, 6.45) is 3.44. The quantitative estimate of drug-likeness (QED) is 0.235. The molecule has 1 N–H and O–H groups in total. The van der Waals surface area contributed by atoms with Gasteiger partial charge in [0.1, 0.15) is 5.75 Å². The Bertz CT molecular complexity index is 877. The summed E-state index contributed by atoms with van der Waals surface area (Å²) < 4.78 is 5.29. The van der Waals surface area contributed by atoms with Gasteiger partial charge in [-0.25, -0.2) is 0 Å². The average Bonchev–Trinajstić information content (AvgIpc) is 2.75. The molecule has 0 saturated carbocycles. The maximum Gasteiger partial charge on any atom is 0.311 e. The highest BCUT2D eigenvalue weighted by atomic mass is 32.2. The van der Waals surface area contributed by atoms with Gasteiger partial charge in [-0.3, -0.25) is 4.79 Å². The largest absolute Gasteiger partial charge is 0.427 e. The summed E-state index contributed by atoms with van der Waals surface area (Å²) in [6, 6.07) is 26.7. The van der Waals surface area contributed by atoms with Gasteiger partial charge in [-0.1, -0.05) is 49.0 Å². The van der Waals surface area contributed by atoms with Crippen molar-refractivity contribution < 1.29 is 9.53 Å². The zero-order chi connectivity index (χ0) is 20.3. The van der Waals surface area contributed by atoms with Crippen molar-refractivity contribution in [3.05, 3.63) is 84.4 Å². The maximum atomic E-state index is 11.6. The Hall–Kier alpha value is -2.72. The van der Waals surface area contributed by atoms with Gasteiger partial charge in [-0.2, -0.15) is 0 Å². The van der Waals surface area contributed by atoms with Crippen LogP contribution in [0, 0.1) is 0 Å². The first-order chi connectivity index (χ1) is 14.2. The molecule has 0 amide bonds. The number of rotatable bonds is 10. The zero-order valence-electron chi connectivity index (χ0n) is 16.8. The van der Waals surface area contributed by atoms with Crippen LogP contribution in [0.3, 0.4) is 0 Å². The summed E-state index contributed by atoms with van der Waals surface area (Å²) in [4.78, 5) is 13.8. The number of hydrogen-bond donors (Lipinski definition) is 1. The van der Waals surface area contributed by atoms with E-state index in [-0.39, 0.29) is 5.97 Å². The molecule has 0 aliphatic carbocycles. The van der Waals surface area contributed by atoms with Crippen LogP contribution in [-0.4, -0.2) is 12.5 Å². The third-order valence-corrected chi connectivity index (χ3v) is 5.43. The van der Waals surface area contributed by atoms with Gasteiger partial charge in [0.15, 0.2) is 0 Å². The van der Waals surface area contributed by atoms with Gasteiger partial charge in [0.25, 0.3) is 0 Å². The number of benzene rings is 3. The van der Waals surface area contributed by atoms with E-state index >= 15 is 0 Å². The summed E-state index contributed by atoms with van der Waals surface area (Å²) in [5.74, 6) is 0.419. The second kappa shape index (κ2) is 11.3. The highest BCUT2D eigenvalue weighted by Gasteiger charge is 2.04. The van der Waals surface area contributed by atoms with Gasteiger partial charge < -0.3 is 10.1 Å². The van der Waals surface area contributed by atoms with Crippen LogP contribution in [-0.2, 0) is 11.2 Å². The molecule has 29 heavy (non-hydrogen) atoms. The van der Waals surface area contributed by atoms with Crippen LogP contribution in [0.4, 0.5) is 5.69 Å². The van der Waals surface area contributed by atoms with Crippen molar-refractivity contribution in [2.75, 3.05) is 11.9 Å². The van der Waals surface area contributed by atoms with Crippen LogP contribution >= 0.6 is 11.8 Å². The minimum Gasteiger partial charge on any atom is -0.427 e. The SMILES string of the molecule is CCCC(=O)Oc1ccc(Sc2ccc(NCCCc3ccccc3)cc2)cc1. The Morgan fingerprint density at radius 1 is 0.897 bits per heavy atom. The Kier molecular flexibility index (Phi) is 8.20. The van der Waals surface area contributed by atoms with E-state index in [1.165, 1.54) is 10.5 Å². The normalized spacial score (nSPS) is 10.5. The first-order valence-corrected chi connectivity index (χ1v) is 10.9. The number of anilines is 1. The first-order valence-electron chi connectivity index (χ1n) is 10.1. The standard InChI is InChI=1S/C25H27NO2S/c1-2-7-25(27)28-22-13-17-24(18-14-22)29-23-15-11-21(12-16-23)26-19-6-10-20-8-4-3-5-9-20/h3-5,8-9,11-18,26H,2,6-7,10,19H2,1H3. The van der Waals surface area contributed by atoms with E-state index in [1.54, 1.807) is 11.8 Å². The van der Waals surface area contributed by atoms with Gasteiger partial charge in [-0.15, -0.1) is 0 Å². The predicted molar refractivity (Wildman–Crippen MR) is 121 cm³/mol. The van der Waals surface area contributed by atoms with Crippen LogP contribution < -0.4 is 10.1 Å². The molecule has 0 heterocycles. The van der Waals surface area contributed by atoms with Crippen LogP contribution in [0.2, 0.25) is 0 Å². The third kappa shape index (κ3) is 7.31. The molecule has 3 aromatic rings. The molecule has 150 valence electrons. The molecule has 0 fully saturated rings. The predicted octanol–water partition coefficient (Wildman–Crippen LogP) is 6.59. The zero-order valence-corrected chi connectivity index (χ0v) is 17.6. The molecular weight excluding hydrogens is 378 g/mol. The molecule has 0 spiro atoms. The lowest BCUT2D eigenvalue weighted by Gasteiger charge is -2.08. The monoisotopic (exact) mass is 405 g/mol. The molecule has 0 bridgehead atoms. The number of aryl methyl sites for hydroxylation is 1. The fourth-order valence-corrected chi connectivity index (χ4v) is 3.73. The molecule has 0 radical (unpaired) electrons. The Labute approximate surface area is 177 Å². The lowest BCUT2D eigenvalue weighted by molar-refractivity contribution is -0.134. The van der Waals surface area contributed by atoms with Crippen LogP contribution in [0.25, 0.3) is 0 Å². The van der Waals surface area contributed by atoms with Crippen molar-refractivity contribution in [1.29, 1.82) is 0 Å². The van der Waals surface area contributed by atoms with Crippen molar-refractivity contribution >= 4 is 23.4 Å². The minimum absolute atomic E-state index is 0.181. The van der Waals surface area contributed by atoms with E-state index in [0.29, 0.717) is 12.2 Å². The molecule has 0 atom stereocenters. The molecule has 3 rings (SSSR count). The molecule has 0 saturated heterocycles. The second-order valence-electron chi connectivity index (χ2n) is 6.84. The van der Waals surface area contributed by atoms with Crippen molar-refractivity contribution in [3.63, 3.8) is 0 Å². The molecule has 0 aromatic heterocycles. The average molecular weight is 406 g/mol. The fraction of sp³-hybridized carbons (Fsp3) is 0.240.